The fourth-order valence-corrected chi connectivity index (χ4v) is 2.02. The van der Waals surface area contributed by atoms with E-state index in [2.05, 4.69) is 0 Å². The standard InChI is InChI=1S/C12H18ClNO2/c1-11(2,15)14(12(3,4)16)10-7-5-9(13)6-8-10/h5-8,15-16H,1-4H3. The number of benzene rings is 1. The zero-order valence-electron chi connectivity index (χ0n) is 10.0. The van der Waals surface area contributed by atoms with Gasteiger partial charge in [-0.1, -0.05) is 11.6 Å². The van der Waals surface area contributed by atoms with Gasteiger partial charge in [0.2, 0.25) is 0 Å². The van der Waals surface area contributed by atoms with Crippen LogP contribution < -0.4 is 4.90 Å². The van der Waals surface area contributed by atoms with Crippen LogP contribution >= 0.6 is 11.6 Å². The Balaban J connectivity index is 3.18. The van der Waals surface area contributed by atoms with Crippen molar-refractivity contribution in [3.05, 3.63) is 29.3 Å². The highest BCUT2D eigenvalue weighted by Gasteiger charge is 2.34. The molecule has 0 aliphatic heterocycles. The van der Waals surface area contributed by atoms with Crippen molar-refractivity contribution in [2.24, 2.45) is 0 Å². The molecule has 2 N–H and O–H groups in total. The summed E-state index contributed by atoms with van der Waals surface area (Å²) in [6.45, 7) is 6.50. The van der Waals surface area contributed by atoms with Gasteiger partial charge >= 0.3 is 0 Å². The summed E-state index contributed by atoms with van der Waals surface area (Å²) in [5.74, 6) is 0. The zero-order valence-corrected chi connectivity index (χ0v) is 10.8. The lowest BCUT2D eigenvalue weighted by Gasteiger charge is -2.44. The maximum atomic E-state index is 10.1. The molecular weight excluding hydrogens is 226 g/mol. The van der Waals surface area contributed by atoms with Gasteiger partial charge in [0.25, 0.3) is 0 Å². The number of anilines is 1. The Morgan fingerprint density at radius 2 is 1.31 bits per heavy atom. The van der Waals surface area contributed by atoms with Crippen molar-refractivity contribution in [3.63, 3.8) is 0 Å². The van der Waals surface area contributed by atoms with Crippen molar-refractivity contribution >= 4 is 17.3 Å². The first-order valence-electron chi connectivity index (χ1n) is 5.13. The van der Waals surface area contributed by atoms with Crippen LogP contribution in [-0.4, -0.2) is 21.7 Å². The summed E-state index contributed by atoms with van der Waals surface area (Å²) in [5, 5.41) is 20.8. The van der Waals surface area contributed by atoms with Crippen LogP contribution in [0.2, 0.25) is 5.02 Å². The van der Waals surface area contributed by atoms with Crippen molar-refractivity contribution in [1.82, 2.24) is 0 Å². The van der Waals surface area contributed by atoms with Gasteiger partial charge in [0.1, 0.15) is 11.4 Å². The minimum atomic E-state index is -1.16. The summed E-state index contributed by atoms with van der Waals surface area (Å²) in [6.07, 6.45) is 0. The van der Waals surface area contributed by atoms with Gasteiger partial charge in [-0.05, 0) is 52.0 Å². The monoisotopic (exact) mass is 243 g/mol. The SMILES string of the molecule is CC(C)(O)N(c1ccc(Cl)cc1)C(C)(C)O. The molecule has 1 rings (SSSR count). The third-order valence-corrected chi connectivity index (χ3v) is 2.43. The van der Waals surface area contributed by atoms with E-state index < -0.39 is 11.4 Å². The lowest BCUT2D eigenvalue weighted by molar-refractivity contribution is -0.0201. The third kappa shape index (κ3) is 3.11. The van der Waals surface area contributed by atoms with Crippen LogP contribution in [0.1, 0.15) is 27.7 Å². The Morgan fingerprint density at radius 3 is 1.62 bits per heavy atom. The minimum Gasteiger partial charge on any atom is -0.371 e. The summed E-state index contributed by atoms with van der Waals surface area (Å²) >= 11 is 5.80. The van der Waals surface area contributed by atoms with Crippen LogP contribution in [-0.2, 0) is 0 Å². The van der Waals surface area contributed by atoms with Crippen LogP contribution in [0.25, 0.3) is 0 Å². The predicted molar refractivity (Wildman–Crippen MR) is 66.5 cm³/mol. The van der Waals surface area contributed by atoms with Crippen molar-refractivity contribution in [2.45, 2.75) is 39.1 Å². The Hall–Kier alpha value is -0.770. The van der Waals surface area contributed by atoms with Gasteiger partial charge in [-0.2, -0.15) is 0 Å². The Bertz CT molecular complexity index is 335. The smallest absolute Gasteiger partial charge is 0.134 e. The zero-order chi connectivity index (χ0) is 12.6. The molecule has 0 saturated carbocycles. The first kappa shape index (κ1) is 13.3. The lowest BCUT2D eigenvalue weighted by Crippen LogP contribution is -2.56. The van der Waals surface area contributed by atoms with Gasteiger partial charge < -0.3 is 15.1 Å². The van der Waals surface area contributed by atoms with Gasteiger partial charge in [-0.15, -0.1) is 0 Å². The van der Waals surface area contributed by atoms with Crippen LogP contribution in [0.3, 0.4) is 0 Å². The molecule has 90 valence electrons. The largest absolute Gasteiger partial charge is 0.371 e. The number of aliphatic hydroxyl groups is 2. The molecule has 0 unspecified atom stereocenters. The van der Waals surface area contributed by atoms with E-state index in [1.165, 1.54) is 4.90 Å². The second-order valence-corrected chi connectivity index (χ2v) is 5.24. The molecule has 0 aliphatic carbocycles. The maximum Gasteiger partial charge on any atom is 0.134 e. The number of hydrogen-bond acceptors (Lipinski definition) is 3. The Morgan fingerprint density at radius 1 is 0.938 bits per heavy atom. The Kier molecular flexibility index (Phi) is 3.53. The van der Waals surface area contributed by atoms with Crippen LogP contribution in [0.15, 0.2) is 24.3 Å². The third-order valence-electron chi connectivity index (χ3n) is 2.18. The highest BCUT2D eigenvalue weighted by atomic mass is 35.5. The second-order valence-electron chi connectivity index (χ2n) is 4.80. The highest BCUT2D eigenvalue weighted by molar-refractivity contribution is 6.30. The van der Waals surface area contributed by atoms with Crippen molar-refractivity contribution in [2.75, 3.05) is 4.90 Å². The summed E-state index contributed by atoms with van der Waals surface area (Å²) in [5.41, 5.74) is -1.61. The Labute approximate surface area is 101 Å². The van der Waals surface area contributed by atoms with Gasteiger partial charge in [0.15, 0.2) is 0 Å². The molecule has 0 aliphatic rings. The van der Waals surface area contributed by atoms with Crippen LogP contribution in [0.5, 0.6) is 0 Å². The molecule has 3 nitrogen and oxygen atoms in total. The molecule has 0 spiro atoms. The minimum absolute atomic E-state index is 0.621. The lowest BCUT2D eigenvalue weighted by atomic mass is 10.1. The molecule has 0 heterocycles. The van der Waals surface area contributed by atoms with E-state index in [1.54, 1.807) is 52.0 Å². The second kappa shape index (κ2) is 4.24. The van der Waals surface area contributed by atoms with E-state index in [0.717, 1.165) is 0 Å². The molecule has 0 atom stereocenters. The van der Waals surface area contributed by atoms with E-state index in [9.17, 15) is 10.2 Å². The first-order valence-corrected chi connectivity index (χ1v) is 5.51. The van der Waals surface area contributed by atoms with Gasteiger partial charge in [-0.3, -0.25) is 0 Å². The average molecular weight is 244 g/mol. The van der Waals surface area contributed by atoms with Crippen LogP contribution in [0.4, 0.5) is 5.69 Å². The number of halogens is 1. The van der Waals surface area contributed by atoms with Crippen molar-refractivity contribution in [3.8, 4) is 0 Å². The van der Waals surface area contributed by atoms with E-state index >= 15 is 0 Å². The summed E-state index contributed by atoms with van der Waals surface area (Å²) in [7, 11) is 0. The van der Waals surface area contributed by atoms with E-state index in [0.29, 0.717) is 10.7 Å². The van der Waals surface area contributed by atoms with E-state index in [1.807, 2.05) is 0 Å². The average Bonchev–Trinajstić information content (AvgIpc) is 2.03. The topological polar surface area (TPSA) is 43.7 Å². The molecule has 0 bridgehead atoms. The fourth-order valence-electron chi connectivity index (χ4n) is 1.89. The van der Waals surface area contributed by atoms with Crippen molar-refractivity contribution in [1.29, 1.82) is 0 Å². The molecule has 1 aromatic carbocycles. The summed E-state index contributed by atoms with van der Waals surface area (Å²) < 4.78 is 0. The molecule has 0 aromatic heterocycles. The molecule has 1 aromatic rings. The molecule has 4 heteroatoms. The quantitative estimate of drug-likeness (QED) is 0.802. The predicted octanol–water partition coefficient (Wildman–Crippen LogP) is 2.60. The molecule has 0 amide bonds. The van der Waals surface area contributed by atoms with E-state index in [4.69, 9.17) is 11.6 Å². The number of nitrogens with zero attached hydrogens (tertiary/aromatic N) is 1. The van der Waals surface area contributed by atoms with Gasteiger partial charge in [0, 0.05) is 10.7 Å². The number of rotatable bonds is 3. The maximum absolute atomic E-state index is 10.1. The van der Waals surface area contributed by atoms with Gasteiger partial charge in [0.05, 0.1) is 0 Å². The molecular formula is C12H18ClNO2. The molecule has 16 heavy (non-hydrogen) atoms. The summed E-state index contributed by atoms with van der Waals surface area (Å²) in [4.78, 5) is 1.52. The molecule has 0 saturated heterocycles. The summed E-state index contributed by atoms with van der Waals surface area (Å²) in [6, 6.07) is 6.97. The normalized spacial score (nSPS) is 12.7. The molecule has 0 radical (unpaired) electrons. The first-order chi connectivity index (χ1) is 7.12. The fraction of sp³-hybridized carbons (Fsp3) is 0.500. The van der Waals surface area contributed by atoms with Crippen molar-refractivity contribution < 1.29 is 10.2 Å². The molecule has 0 fully saturated rings. The number of hydrogen-bond donors (Lipinski definition) is 2. The van der Waals surface area contributed by atoms with Gasteiger partial charge in [-0.25, -0.2) is 0 Å². The van der Waals surface area contributed by atoms with Crippen LogP contribution in [0, 0.1) is 0 Å². The van der Waals surface area contributed by atoms with E-state index in [-0.39, 0.29) is 0 Å². The highest BCUT2D eigenvalue weighted by Crippen LogP contribution is 2.30.